The number of hydrogen-bond donors (Lipinski definition) is 4. The van der Waals surface area contributed by atoms with Crippen molar-refractivity contribution in [1.29, 1.82) is 0 Å². The van der Waals surface area contributed by atoms with Gasteiger partial charge in [0.15, 0.2) is 5.13 Å². The molecular formula is C28H38ClN5O5S. The molecule has 4 N–H and O–H groups in total. The summed E-state index contributed by atoms with van der Waals surface area (Å²) in [6.07, 6.45) is 2.97. The van der Waals surface area contributed by atoms with Crippen LogP contribution in [0.1, 0.15) is 60.0 Å². The fraction of sp³-hybridized carbons (Fsp3) is 0.643. The van der Waals surface area contributed by atoms with Crippen LogP contribution in [0.5, 0.6) is 0 Å². The van der Waals surface area contributed by atoms with E-state index in [2.05, 4.69) is 27.4 Å². The number of hydrogen-bond acceptors (Lipinski definition) is 9. The van der Waals surface area contributed by atoms with E-state index in [0.717, 1.165) is 30.2 Å². The summed E-state index contributed by atoms with van der Waals surface area (Å²) in [5.74, 6) is -0.671. The van der Waals surface area contributed by atoms with Crippen molar-refractivity contribution in [2.45, 2.75) is 51.6 Å². The summed E-state index contributed by atoms with van der Waals surface area (Å²) in [5.41, 5.74) is 0.128. The second kappa shape index (κ2) is 12.0. The number of pyridine rings is 1. The number of nitrogens with one attached hydrogen (secondary N) is 2. The maximum absolute atomic E-state index is 13.3. The molecule has 1 saturated heterocycles. The number of anilines is 1. The molecule has 3 aliphatic rings. The molecule has 5 atom stereocenters. The molecule has 0 bridgehead atoms. The van der Waals surface area contributed by atoms with Crippen LogP contribution in [0.15, 0.2) is 18.3 Å². The second-order valence-corrected chi connectivity index (χ2v) is 13.2. The number of nitrogens with zero attached hydrogens (tertiary/aromatic N) is 3. The molecule has 2 aromatic rings. The minimum atomic E-state index is -0.711. The Labute approximate surface area is 243 Å². The molecule has 0 radical (unpaired) electrons. The largest absolute Gasteiger partial charge is 0.396 e. The first-order valence-electron chi connectivity index (χ1n) is 13.9. The van der Waals surface area contributed by atoms with Crippen molar-refractivity contribution in [2.75, 3.05) is 51.3 Å². The molecule has 2 aliphatic carbocycles. The van der Waals surface area contributed by atoms with Crippen LogP contribution in [0, 0.1) is 16.7 Å². The Balaban J connectivity index is 1.39. The van der Waals surface area contributed by atoms with E-state index in [0.29, 0.717) is 49.7 Å². The van der Waals surface area contributed by atoms with Gasteiger partial charge in [0, 0.05) is 60.6 Å². The van der Waals surface area contributed by atoms with Gasteiger partial charge >= 0.3 is 0 Å². The first-order chi connectivity index (χ1) is 19.1. The fourth-order valence-corrected chi connectivity index (χ4v) is 8.09. The highest BCUT2D eigenvalue weighted by Gasteiger charge is 2.59. The van der Waals surface area contributed by atoms with Gasteiger partial charge in [-0.25, -0.2) is 9.97 Å². The first kappa shape index (κ1) is 29.3. The fourth-order valence-electron chi connectivity index (χ4n) is 6.85. The van der Waals surface area contributed by atoms with Gasteiger partial charge in [-0.1, -0.05) is 25.4 Å². The number of fused-ring (bicyclic) bond motifs is 2. The number of halogens is 1. The van der Waals surface area contributed by atoms with Gasteiger partial charge in [0.1, 0.15) is 5.15 Å². The van der Waals surface area contributed by atoms with Gasteiger partial charge in [0.25, 0.3) is 5.91 Å². The summed E-state index contributed by atoms with van der Waals surface area (Å²) in [6, 6.07) is 3.08. The van der Waals surface area contributed by atoms with Crippen molar-refractivity contribution in [2.24, 2.45) is 16.7 Å². The normalized spacial score (nSPS) is 30.3. The predicted molar refractivity (Wildman–Crippen MR) is 153 cm³/mol. The van der Waals surface area contributed by atoms with Crippen LogP contribution in [0.2, 0.25) is 5.15 Å². The van der Waals surface area contributed by atoms with E-state index in [1.807, 2.05) is 6.92 Å². The molecule has 10 nitrogen and oxygen atoms in total. The van der Waals surface area contributed by atoms with Crippen molar-refractivity contribution in [1.82, 2.24) is 20.2 Å². The number of rotatable bonds is 8. The summed E-state index contributed by atoms with van der Waals surface area (Å²) in [7, 11) is 0. The van der Waals surface area contributed by atoms with Crippen LogP contribution in [-0.4, -0.2) is 89.0 Å². The van der Waals surface area contributed by atoms with Gasteiger partial charge in [-0.3, -0.25) is 19.8 Å². The number of ether oxygens (including phenoxy) is 1. The Morgan fingerprint density at radius 2 is 2.08 bits per heavy atom. The van der Waals surface area contributed by atoms with Gasteiger partial charge in [0.2, 0.25) is 5.91 Å². The van der Waals surface area contributed by atoms with E-state index in [9.17, 15) is 19.8 Å². The Bertz CT molecular complexity index is 1240. The lowest BCUT2D eigenvalue weighted by atomic mass is 9.47. The topological polar surface area (TPSA) is 137 Å². The smallest absolute Gasteiger partial charge is 0.257 e. The maximum Gasteiger partial charge on any atom is 0.257 e. The Morgan fingerprint density at radius 3 is 2.80 bits per heavy atom. The SMILES string of the molecule is C[C@@]12CCC(O)[C@@](C)(CO)C1Cc1sc(NC(=O)c3ccnc(Cl)c3)nc1C2CC(=O)NCCN1CCOCC1. The molecule has 2 aromatic heterocycles. The number of aliphatic hydroxyl groups is 2. The van der Waals surface area contributed by atoms with E-state index in [-0.39, 0.29) is 47.2 Å². The summed E-state index contributed by atoms with van der Waals surface area (Å²) < 4.78 is 5.41. The number of aliphatic hydroxyl groups excluding tert-OH is 2. The van der Waals surface area contributed by atoms with E-state index in [1.54, 1.807) is 6.07 Å². The number of thiazole rings is 1. The molecule has 2 amide bonds. The monoisotopic (exact) mass is 591 g/mol. The number of morpholine rings is 1. The molecule has 5 rings (SSSR count). The molecule has 1 aliphatic heterocycles. The zero-order valence-electron chi connectivity index (χ0n) is 23.0. The molecule has 0 aromatic carbocycles. The highest BCUT2D eigenvalue weighted by atomic mass is 35.5. The van der Waals surface area contributed by atoms with Crippen LogP contribution >= 0.6 is 22.9 Å². The van der Waals surface area contributed by atoms with Crippen LogP contribution in [-0.2, 0) is 16.0 Å². The van der Waals surface area contributed by atoms with Crippen LogP contribution < -0.4 is 10.6 Å². The molecule has 40 heavy (non-hydrogen) atoms. The zero-order valence-corrected chi connectivity index (χ0v) is 24.6. The predicted octanol–water partition coefficient (Wildman–Crippen LogP) is 2.70. The lowest BCUT2D eigenvalue weighted by molar-refractivity contribution is -0.144. The molecule has 1 saturated carbocycles. The molecule has 3 unspecified atom stereocenters. The molecule has 3 heterocycles. The third-order valence-corrected chi connectivity index (χ3v) is 10.6. The van der Waals surface area contributed by atoms with E-state index < -0.39 is 11.5 Å². The average molecular weight is 592 g/mol. The van der Waals surface area contributed by atoms with Crippen molar-refractivity contribution in [3.63, 3.8) is 0 Å². The van der Waals surface area contributed by atoms with Gasteiger partial charge in [-0.05, 0) is 42.7 Å². The lowest BCUT2D eigenvalue weighted by Crippen LogP contribution is -2.57. The summed E-state index contributed by atoms with van der Waals surface area (Å²) >= 11 is 7.36. The van der Waals surface area contributed by atoms with Gasteiger partial charge < -0.3 is 20.3 Å². The van der Waals surface area contributed by atoms with Crippen LogP contribution in [0.4, 0.5) is 5.13 Å². The Morgan fingerprint density at radius 1 is 1.30 bits per heavy atom. The third kappa shape index (κ3) is 5.77. The van der Waals surface area contributed by atoms with E-state index >= 15 is 0 Å². The summed E-state index contributed by atoms with van der Waals surface area (Å²) in [5, 5.41) is 28.1. The molecular weight excluding hydrogens is 554 g/mol. The number of aromatic nitrogens is 2. The van der Waals surface area contributed by atoms with E-state index in [4.69, 9.17) is 21.3 Å². The first-order valence-corrected chi connectivity index (χ1v) is 15.1. The highest BCUT2D eigenvalue weighted by molar-refractivity contribution is 7.15. The Kier molecular flexibility index (Phi) is 8.80. The number of carbonyl (C=O) groups is 2. The maximum atomic E-state index is 13.3. The summed E-state index contributed by atoms with van der Waals surface area (Å²) in [4.78, 5) is 38.3. The number of amides is 2. The molecule has 2 fully saturated rings. The van der Waals surface area contributed by atoms with Gasteiger partial charge in [0.05, 0.1) is 31.6 Å². The quantitative estimate of drug-likeness (QED) is 0.344. The molecule has 0 spiro atoms. The van der Waals surface area contributed by atoms with Gasteiger partial charge in [-0.15, -0.1) is 11.3 Å². The molecule has 12 heteroatoms. The van der Waals surface area contributed by atoms with Crippen LogP contribution in [0.25, 0.3) is 0 Å². The van der Waals surface area contributed by atoms with Crippen molar-refractivity contribution >= 4 is 39.9 Å². The third-order valence-electron chi connectivity index (χ3n) is 9.35. The Hall–Kier alpha value is -2.15. The average Bonchev–Trinajstić information content (AvgIpc) is 3.34. The minimum absolute atomic E-state index is 0.0482. The van der Waals surface area contributed by atoms with Gasteiger partial charge in [-0.2, -0.15) is 0 Å². The van der Waals surface area contributed by atoms with Crippen LogP contribution in [0.3, 0.4) is 0 Å². The minimum Gasteiger partial charge on any atom is -0.396 e. The lowest BCUT2D eigenvalue weighted by Gasteiger charge is -2.58. The van der Waals surface area contributed by atoms with Crippen molar-refractivity contribution in [3.8, 4) is 0 Å². The van der Waals surface area contributed by atoms with E-state index in [1.165, 1.54) is 23.6 Å². The number of carbonyl (C=O) groups excluding carboxylic acids is 2. The second-order valence-electron chi connectivity index (χ2n) is 11.7. The van der Waals surface area contributed by atoms with Crippen molar-refractivity contribution in [3.05, 3.63) is 39.6 Å². The molecule has 218 valence electrons. The zero-order chi connectivity index (χ0) is 28.5. The van der Waals surface area contributed by atoms with Crippen molar-refractivity contribution < 1.29 is 24.5 Å². The standard InChI is InChI=1S/C28H38ClN5O5S/c1-27-5-3-21(36)28(2,16-35)20(27)15-19-24(18(27)14-23(37)31-7-8-34-9-11-39-12-10-34)32-26(40-19)33-25(38)17-4-6-30-22(29)13-17/h4,6,13,18,20-21,35-36H,3,5,7-12,14-16H2,1-2H3,(H,31,37)(H,32,33,38)/t18?,20?,21?,27-,28-/m0/s1. The summed E-state index contributed by atoms with van der Waals surface area (Å²) in [6.45, 7) is 8.45. The highest BCUT2D eigenvalue weighted by Crippen LogP contribution is 2.62.